The van der Waals surface area contributed by atoms with Crippen molar-refractivity contribution in [1.82, 2.24) is 5.32 Å². The van der Waals surface area contributed by atoms with Gasteiger partial charge in [0.2, 0.25) is 0 Å². The van der Waals surface area contributed by atoms with Gasteiger partial charge in [0.1, 0.15) is 0 Å². The average molecular weight is 259 g/mol. The maximum absolute atomic E-state index is 12.8. The Balaban J connectivity index is 2.76. The molecule has 4 heteroatoms. The van der Waals surface area contributed by atoms with Gasteiger partial charge in [-0.05, 0) is 30.0 Å². The average Bonchev–Trinajstić information content (AvgIpc) is 2.27. The van der Waals surface area contributed by atoms with E-state index in [4.69, 9.17) is 0 Å². The molecular weight excluding hydrogens is 239 g/mol. The topological polar surface area (TPSA) is 12.0 Å². The van der Waals surface area contributed by atoms with Crippen LogP contribution in [0.25, 0.3) is 0 Å². The summed E-state index contributed by atoms with van der Waals surface area (Å²) in [7, 11) is 0. The Kier molecular flexibility index (Phi) is 5.20. The Bertz CT molecular complexity index is 372. The van der Waals surface area contributed by atoms with Crippen LogP contribution >= 0.6 is 0 Å². The van der Waals surface area contributed by atoms with Crippen molar-refractivity contribution in [2.75, 3.05) is 13.1 Å². The zero-order valence-electron chi connectivity index (χ0n) is 11.0. The molecule has 1 nitrogen and oxygen atoms in total. The van der Waals surface area contributed by atoms with E-state index in [-0.39, 0.29) is 5.92 Å². The molecule has 0 aliphatic heterocycles. The minimum Gasteiger partial charge on any atom is -0.316 e. The zero-order valence-corrected chi connectivity index (χ0v) is 11.0. The van der Waals surface area contributed by atoms with E-state index < -0.39 is 11.7 Å². The first kappa shape index (κ1) is 15.0. The van der Waals surface area contributed by atoms with Crippen LogP contribution in [0.3, 0.4) is 0 Å². The first-order valence-electron chi connectivity index (χ1n) is 6.19. The summed E-state index contributed by atoms with van der Waals surface area (Å²) in [5.74, 6) is 0.344. The molecule has 0 fully saturated rings. The fourth-order valence-corrected chi connectivity index (χ4v) is 1.88. The van der Waals surface area contributed by atoms with Crippen LogP contribution in [0.4, 0.5) is 13.2 Å². The molecule has 1 rings (SSSR count). The van der Waals surface area contributed by atoms with Crippen molar-refractivity contribution >= 4 is 0 Å². The number of hydrogen-bond donors (Lipinski definition) is 1. The summed E-state index contributed by atoms with van der Waals surface area (Å²) in [5.41, 5.74) is -0.162. The molecule has 0 radical (unpaired) electrons. The molecular formula is C14H20F3N. The van der Waals surface area contributed by atoms with Gasteiger partial charge in [0.25, 0.3) is 0 Å². The second-order valence-corrected chi connectivity index (χ2v) is 5.04. The molecule has 18 heavy (non-hydrogen) atoms. The number of alkyl halides is 3. The Hall–Kier alpha value is -1.03. The maximum atomic E-state index is 12.8. The third-order valence-electron chi connectivity index (χ3n) is 2.80. The Morgan fingerprint density at radius 1 is 1.06 bits per heavy atom. The lowest BCUT2D eigenvalue weighted by Crippen LogP contribution is -2.25. The summed E-state index contributed by atoms with van der Waals surface area (Å²) < 4.78 is 38.5. The van der Waals surface area contributed by atoms with Crippen molar-refractivity contribution in [2.45, 2.75) is 32.9 Å². The molecule has 0 bridgehead atoms. The lowest BCUT2D eigenvalue weighted by atomic mass is 9.95. The number of nitrogens with one attached hydrogen (secondary N) is 1. The highest BCUT2D eigenvalue weighted by Gasteiger charge is 2.33. The molecule has 0 aliphatic rings. The van der Waals surface area contributed by atoms with Crippen molar-refractivity contribution in [3.05, 3.63) is 35.4 Å². The molecule has 1 aromatic carbocycles. The highest BCUT2D eigenvalue weighted by atomic mass is 19.4. The Labute approximate surface area is 106 Å². The van der Waals surface area contributed by atoms with E-state index >= 15 is 0 Å². The van der Waals surface area contributed by atoms with E-state index in [2.05, 4.69) is 19.2 Å². The van der Waals surface area contributed by atoms with Gasteiger partial charge in [0, 0.05) is 6.54 Å². The Morgan fingerprint density at radius 3 is 2.22 bits per heavy atom. The number of rotatable bonds is 5. The van der Waals surface area contributed by atoms with E-state index in [1.54, 1.807) is 12.1 Å². The second kappa shape index (κ2) is 6.23. The minimum absolute atomic E-state index is 0.151. The van der Waals surface area contributed by atoms with Crippen molar-refractivity contribution in [3.63, 3.8) is 0 Å². The second-order valence-electron chi connectivity index (χ2n) is 5.04. The third kappa shape index (κ3) is 4.33. The van der Waals surface area contributed by atoms with Crippen molar-refractivity contribution in [3.8, 4) is 0 Å². The predicted octanol–water partition coefficient (Wildman–Crippen LogP) is 4.05. The summed E-state index contributed by atoms with van der Waals surface area (Å²) in [6, 6.07) is 5.79. The summed E-state index contributed by atoms with van der Waals surface area (Å²) in [4.78, 5) is 0. The van der Waals surface area contributed by atoms with Crippen molar-refractivity contribution < 1.29 is 13.2 Å². The van der Waals surface area contributed by atoms with Gasteiger partial charge in [0.05, 0.1) is 5.56 Å². The SMILES string of the molecule is CC(C)CNCC(C)c1ccccc1C(F)(F)F. The first-order valence-corrected chi connectivity index (χ1v) is 6.19. The highest BCUT2D eigenvalue weighted by molar-refractivity contribution is 5.32. The summed E-state index contributed by atoms with van der Waals surface area (Å²) in [5, 5.41) is 3.19. The summed E-state index contributed by atoms with van der Waals surface area (Å²) in [6.45, 7) is 7.34. The van der Waals surface area contributed by atoms with Crippen LogP contribution in [0.15, 0.2) is 24.3 Å². The van der Waals surface area contributed by atoms with Gasteiger partial charge in [-0.25, -0.2) is 0 Å². The fourth-order valence-electron chi connectivity index (χ4n) is 1.88. The monoisotopic (exact) mass is 259 g/mol. The number of hydrogen-bond acceptors (Lipinski definition) is 1. The lowest BCUT2D eigenvalue weighted by Gasteiger charge is -2.19. The normalized spacial score (nSPS) is 13.9. The van der Waals surface area contributed by atoms with Crippen molar-refractivity contribution in [1.29, 1.82) is 0 Å². The molecule has 1 atom stereocenters. The van der Waals surface area contributed by atoms with Gasteiger partial charge in [0.15, 0.2) is 0 Å². The van der Waals surface area contributed by atoms with E-state index in [0.29, 0.717) is 18.0 Å². The van der Waals surface area contributed by atoms with Crippen LogP contribution in [-0.4, -0.2) is 13.1 Å². The van der Waals surface area contributed by atoms with Crippen LogP contribution in [0.1, 0.15) is 37.8 Å². The van der Waals surface area contributed by atoms with Crippen molar-refractivity contribution in [2.24, 2.45) is 5.92 Å². The van der Waals surface area contributed by atoms with E-state index in [9.17, 15) is 13.2 Å². The fraction of sp³-hybridized carbons (Fsp3) is 0.571. The van der Waals surface area contributed by atoms with Gasteiger partial charge in [-0.2, -0.15) is 13.2 Å². The van der Waals surface area contributed by atoms with Crippen LogP contribution in [-0.2, 0) is 6.18 Å². The molecule has 0 amide bonds. The van der Waals surface area contributed by atoms with Gasteiger partial charge in [-0.1, -0.05) is 39.0 Å². The minimum atomic E-state index is -4.27. The van der Waals surface area contributed by atoms with Gasteiger partial charge in [-0.3, -0.25) is 0 Å². The molecule has 0 heterocycles. The van der Waals surface area contributed by atoms with Gasteiger partial charge < -0.3 is 5.32 Å². The van der Waals surface area contributed by atoms with Crippen LogP contribution in [0.5, 0.6) is 0 Å². The number of halogens is 3. The molecule has 0 saturated carbocycles. The van der Waals surface area contributed by atoms with Gasteiger partial charge >= 0.3 is 6.18 Å². The molecule has 1 unspecified atom stereocenters. The van der Waals surface area contributed by atoms with E-state index in [0.717, 1.165) is 12.6 Å². The summed E-state index contributed by atoms with van der Waals surface area (Å²) >= 11 is 0. The van der Waals surface area contributed by atoms with E-state index in [1.165, 1.54) is 6.07 Å². The first-order chi connectivity index (χ1) is 8.32. The number of benzene rings is 1. The third-order valence-corrected chi connectivity index (χ3v) is 2.80. The molecule has 0 spiro atoms. The smallest absolute Gasteiger partial charge is 0.316 e. The standard InChI is InChI=1S/C14H20F3N/c1-10(2)8-18-9-11(3)12-6-4-5-7-13(12)14(15,16)17/h4-7,10-11,18H,8-9H2,1-3H3. The molecule has 0 saturated heterocycles. The summed E-state index contributed by atoms with van der Waals surface area (Å²) in [6.07, 6.45) is -4.27. The van der Waals surface area contributed by atoms with Crippen LogP contribution < -0.4 is 5.32 Å². The molecule has 0 aliphatic carbocycles. The molecule has 0 aromatic heterocycles. The van der Waals surface area contributed by atoms with E-state index in [1.807, 2.05) is 6.92 Å². The van der Waals surface area contributed by atoms with Gasteiger partial charge in [-0.15, -0.1) is 0 Å². The largest absolute Gasteiger partial charge is 0.416 e. The quantitative estimate of drug-likeness (QED) is 0.841. The zero-order chi connectivity index (χ0) is 13.8. The van der Waals surface area contributed by atoms with Crippen LogP contribution in [0, 0.1) is 5.92 Å². The highest BCUT2D eigenvalue weighted by Crippen LogP contribution is 2.34. The van der Waals surface area contributed by atoms with Crippen LogP contribution in [0.2, 0.25) is 0 Å². The maximum Gasteiger partial charge on any atom is 0.416 e. The lowest BCUT2D eigenvalue weighted by molar-refractivity contribution is -0.138. The molecule has 1 aromatic rings. The molecule has 102 valence electrons. The predicted molar refractivity (Wildman–Crippen MR) is 67.6 cm³/mol. The molecule has 1 N–H and O–H groups in total. The Morgan fingerprint density at radius 2 is 1.67 bits per heavy atom.